The van der Waals surface area contributed by atoms with Gasteiger partial charge in [0.25, 0.3) is 5.91 Å². The Morgan fingerprint density at radius 1 is 1.06 bits per heavy atom. The Morgan fingerprint density at radius 3 is 2.48 bits per heavy atom. The third-order valence-corrected chi connectivity index (χ3v) is 6.26. The Kier molecular flexibility index (Phi) is 6.08. The van der Waals surface area contributed by atoms with Crippen molar-refractivity contribution in [3.05, 3.63) is 54.4 Å². The van der Waals surface area contributed by atoms with Crippen LogP contribution in [0.1, 0.15) is 5.56 Å². The maximum absolute atomic E-state index is 13.0. The van der Waals surface area contributed by atoms with E-state index in [9.17, 15) is 9.59 Å². The van der Waals surface area contributed by atoms with E-state index in [2.05, 4.69) is 22.1 Å². The largest absolute Gasteiger partial charge is 0.341 e. The highest BCUT2D eigenvalue weighted by molar-refractivity contribution is 7.99. The number of hydrogen-bond acceptors (Lipinski definition) is 8. The van der Waals surface area contributed by atoms with Crippen molar-refractivity contribution in [3.8, 4) is 0 Å². The molecule has 3 heterocycles. The summed E-state index contributed by atoms with van der Waals surface area (Å²) in [6.45, 7) is 1.22. The van der Waals surface area contributed by atoms with Crippen LogP contribution < -0.4 is 0 Å². The number of aliphatic imine (C=N–C) groups is 1. The van der Waals surface area contributed by atoms with Crippen LogP contribution >= 0.6 is 11.8 Å². The summed E-state index contributed by atoms with van der Waals surface area (Å²) in [5.41, 5.74) is 1.14. The number of carbonyl (C=O) groups is 2. The lowest BCUT2D eigenvalue weighted by atomic mass is 10.1. The lowest BCUT2D eigenvalue weighted by Gasteiger charge is -2.40. The van der Waals surface area contributed by atoms with Crippen LogP contribution in [0.3, 0.4) is 0 Å². The minimum absolute atomic E-state index is 0.235. The number of fused-ring (bicyclic) bond motifs is 1. The van der Waals surface area contributed by atoms with E-state index in [0.717, 1.165) is 5.56 Å². The third kappa shape index (κ3) is 4.20. The third-order valence-electron chi connectivity index (χ3n) is 5.40. The van der Waals surface area contributed by atoms with E-state index >= 15 is 0 Å². The Morgan fingerprint density at radius 2 is 1.77 bits per heavy atom. The van der Waals surface area contributed by atoms with Gasteiger partial charge in [0.05, 0.1) is 0 Å². The van der Waals surface area contributed by atoms with Crippen LogP contribution in [0.15, 0.2) is 58.9 Å². The van der Waals surface area contributed by atoms with Crippen LogP contribution in [-0.2, 0) is 11.3 Å². The fourth-order valence-corrected chi connectivity index (χ4v) is 4.57. The number of amides is 3. The maximum Gasteiger partial charge on any atom is 0.328 e. The van der Waals surface area contributed by atoms with Crippen LogP contribution in [0, 0.1) is 0 Å². The van der Waals surface area contributed by atoms with E-state index < -0.39 is 12.2 Å². The smallest absolute Gasteiger partial charge is 0.328 e. The molecule has 0 spiro atoms. The first-order valence-corrected chi connectivity index (χ1v) is 11.0. The molecule has 4 rings (SSSR count). The Balaban J connectivity index is 1.56. The molecular formula is C21H25N7O2S. The van der Waals surface area contributed by atoms with Gasteiger partial charge in [-0.25, -0.2) is 19.8 Å². The number of likely N-dealkylation sites (N-methyl/N-ethyl adjacent to an activating group) is 2. The Labute approximate surface area is 185 Å². The summed E-state index contributed by atoms with van der Waals surface area (Å²) in [5, 5.41) is 0.689. The molecule has 2 aliphatic heterocycles. The number of rotatable bonds is 6. The monoisotopic (exact) mass is 439 g/mol. The molecule has 0 saturated carbocycles. The first kappa shape index (κ1) is 21.1. The van der Waals surface area contributed by atoms with Gasteiger partial charge in [-0.15, -0.1) is 0 Å². The highest BCUT2D eigenvalue weighted by Crippen LogP contribution is 2.29. The van der Waals surface area contributed by atoms with Crippen molar-refractivity contribution < 1.29 is 9.59 Å². The minimum Gasteiger partial charge on any atom is -0.341 e. The molecular weight excluding hydrogens is 414 g/mol. The highest BCUT2D eigenvalue weighted by atomic mass is 32.2. The summed E-state index contributed by atoms with van der Waals surface area (Å²) in [4.78, 5) is 45.6. The van der Waals surface area contributed by atoms with E-state index in [4.69, 9.17) is 4.99 Å². The molecule has 0 aliphatic carbocycles. The predicted molar refractivity (Wildman–Crippen MR) is 118 cm³/mol. The molecule has 162 valence electrons. The molecule has 9 nitrogen and oxygen atoms in total. The van der Waals surface area contributed by atoms with Crippen LogP contribution in [0.25, 0.3) is 0 Å². The average Bonchev–Trinajstić information content (AvgIpc) is 3.17. The number of guanidine groups is 1. The zero-order chi connectivity index (χ0) is 22.0. The van der Waals surface area contributed by atoms with E-state index in [1.165, 1.54) is 28.6 Å². The molecule has 10 heteroatoms. The molecule has 1 saturated heterocycles. The molecule has 2 aromatic rings. The zero-order valence-corrected chi connectivity index (χ0v) is 18.6. The molecule has 0 N–H and O–H groups in total. The van der Waals surface area contributed by atoms with E-state index in [1.54, 1.807) is 25.5 Å². The molecule has 3 amide bonds. The average molecular weight is 440 g/mol. The quantitative estimate of drug-likeness (QED) is 0.499. The van der Waals surface area contributed by atoms with Gasteiger partial charge in [0, 0.05) is 52.4 Å². The van der Waals surface area contributed by atoms with E-state index in [1.807, 2.05) is 35.0 Å². The Hall–Kier alpha value is -3.14. The SMILES string of the molecule is CN(Cc1ccccc1)C1=NC2C(C(=O)N(C)C(=O)N2C)N1CCSc1ncccn1. The second kappa shape index (κ2) is 8.93. The second-order valence-corrected chi connectivity index (χ2v) is 8.56. The van der Waals surface area contributed by atoms with Crippen molar-refractivity contribution in [1.82, 2.24) is 29.6 Å². The normalized spacial score (nSPS) is 20.7. The second-order valence-electron chi connectivity index (χ2n) is 7.49. The van der Waals surface area contributed by atoms with Gasteiger partial charge < -0.3 is 14.7 Å². The fraction of sp³-hybridized carbons (Fsp3) is 0.381. The summed E-state index contributed by atoms with van der Waals surface area (Å²) < 4.78 is 0. The zero-order valence-electron chi connectivity index (χ0n) is 17.8. The molecule has 0 bridgehead atoms. The van der Waals surface area contributed by atoms with Gasteiger partial charge in [0.1, 0.15) is 0 Å². The molecule has 2 unspecified atom stereocenters. The lowest BCUT2D eigenvalue weighted by molar-refractivity contribution is -0.136. The maximum atomic E-state index is 13.0. The van der Waals surface area contributed by atoms with Gasteiger partial charge in [0.15, 0.2) is 23.3 Å². The van der Waals surface area contributed by atoms with Crippen LogP contribution in [0.5, 0.6) is 0 Å². The number of urea groups is 1. The number of hydrogen-bond donors (Lipinski definition) is 0. The highest BCUT2D eigenvalue weighted by Gasteiger charge is 2.51. The number of imide groups is 1. The van der Waals surface area contributed by atoms with Gasteiger partial charge in [0.2, 0.25) is 0 Å². The van der Waals surface area contributed by atoms with Crippen LogP contribution in [0.2, 0.25) is 0 Å². The molecule has 2 atom stereocenters. The first-order valence-electron chi connectivity index (χ1n) is 10.0. The fourth-order valence-electron chi connectivity index (χ4n) is 3.83. The van der Waals surface area contributed by atoms with Crippen molar-refractivity contribution in [3.63, 3.8) is 0 Å². The Bertz CT molecular complexity index is 972. The molecule has 1 aromatic carbocycles. The predicted octanol–water partition coefficient (Wildman–Crippen LogP) is 1.59. The van der Waals surface area contributed by atoms with Gasteiger partial charge in [-0.2, -0.15) is 0 Å². The molecule has 1 fully saturated rings. The van der Waals surface area contributed by atoms with Gasteiger partial charge in [-0.1, -0.05) is 42.1 Å². The van der Waals surface area contributed by atoms with Crippen LogP contribution in [0.4, 0.5) is 4.79 Å². The summed E-state index contributed by atoms with van der Waals surface area (Å²) in [6.07, 6.45) is 2.88. The van der Waals surface area contributed by atoms with E-state index in [-0.39, 0.29) is 11.9 Å². The van der Waals surface area contributed by atoms with E-state index in [0.29, 0.717) is 30.0 Å². The van der Waals surface area contributed by atoms with Gasteiger partial charge in [-0.3, -0.25) is 9.69 Å². The minimum atomic E-state index is -0.543. The van der Waals surface area contributed by atoms with Crippen molar-refractivity contribution in [1.29, 1.82) is 0 Å². The summed E-state index contributed by atoms with van der Waals surface area (Å²) in [5.74, 6) is 1.15. The summed E-state index contributed by atoms with van der Waals surface area (Å²) in [7, 11) is 5.17. The number of benzene rings is 1. The van der Waals surface area contributed by atoms with Crippen LogP contribution in [-0.4, -0.2) is 93.1 Å². The van der Waals surface area contributed by atoms with Gasteiger partial charge >= 0.3 is 6.03 Å². The number of aromatic nitrogens is 2. The lowest BCUT2D eigenvalue weighted by Crippen LogP contribution is -2.64. The summed E-state index contributed by atoms with van der Waals surface area (Å²) in [6, 6.07) is 11.0. The summed E-state index contributed by atoms with van der Waals surface area (Å²) >= 11 is 1.52. The molecule has 2 aliphatic rings. The number of carbonyl (C=O) groups excluding carboxylic acids is 2. The topological polar surface area (TPSA) is 85.2 Å². The molecule has 1 aromatic heterocycles. The first-order chi connectivity index (χ1) is 15.0. The number of nitrogens with zero attached hydrogens (tertiary/aromatic N) is 7. The number of thioether (sulfide) groups is 1. The molecule has 31 heavy (non-hydrogen) atoms. The standard InChI is InChI=1S/C21H25N7O2S/c1-25(14-15-8-5-4-6-9-15)20-24-17-16(18(29)27(3)21(30)26(17)2)28(20)12-13-31-19-22-10-7-11-23-19/h4-11,16-17H,12-14H2,1-3H3. The van der Waals surface area contributed by atoms with Crippen molar-refractivity contribution in [2.45, 2.75) is 23.9 Å². The van der Waals surface area contributed by atoms with Crippen molar-refractivity contribution in [2.24, 2.45) is 4.99 Å². The van der Waals surface area contributed by atoms with Gasteiger partial charge in [-0.05, 0) is 11.6 Å². The van der Waals surface area contributed by atoms with Crippen molar-refractivity contribution in [2.75, 3.05) is 33.4 Å². The van der Waals surface area contributed by atoms with Crippen molar-refractivity contribution >= 4 is 29.7 Å². The molecule has 0 radical (unpaired) electrons.